The number of carbonyl (C=O) groups is 1. The van der Waals surface area contributed by atoms with Crippen LogP contribution in [0.15, 0.2) is 4.52 Å². The molecule has 2 fully saturated rings. The highest BCUT2D eigenvalue weighted by Gasteiger charge is 2.34. The van der Waals surface area contributed by atoms with E-state index in [1.807, 2.05) is 6.92 Å². The van der Waals surface area contributed by atoms with Crippen LogP contribution in [0.4, 0.5) is 0 Å². The fourth-order valence-electron chi connectivity index (χ4n) is 2.74. The molecule has 0 aromatic carbocycles. The van der Waals surface area contributed by atoms with Crippen LogP contribution in [0.5, 0.6) is 0 Å². The van der Waals surface area contributed by atoms with Gasteiger partial charge in [0.05, 0.1) is 13.0 Å². The number of rotatable bonds is 4. The largest absolute Gasteiger partial charge is 0.367 e. The number of fused-ring (bicyclic) bond motifs is 1. The minimum absolute atomic E-state index is 0.111. The lowest BCUT2D eigenvalue weighted by Gasteiger charge is -2.33. The zero-order valence-corrected chi connectivity index (χ0v) is 11.2. The summed E-state index contributed by atoms with van der Waals surface area (Å²) in [6.45, 7) is 4.52. The summed E-state index contributed by atoms with van der Waals surface area (Å²) in [4.78, 5) is 18.1. The Morgan fingerprint density at radius 3 is 3.26 bits per heavy atom. The van der Waals surface area contributed by atoms with Crippen molar-refractivity contribution in [2.45, 2.75) is 44.8 Å². The first-order valence-corrected chi connectivity index (χ1v) is 6.96. The highest BCUT2D eigenvalue weighted by Crippen LogP contribution is 2.28. The Labute approximate surface area is 112 Å². The van der Waals surface area contributed by atoms with E-state index in [4.69, 9.17) is 9.26 Å². The van der Waals surface area contributed by atoms with E-state index in [1.54, 1.807) is 0 Å². The Balaban J connectivity index is 1.64. The Kier molecular flexibility index (Phi) is 3.61. The molecule has 2 atom stereocenters. The van der Waals surface area contributed by atoms with Crippen LogP contribution in [0.25, 0.3) is 0 Å². The highest BCUT2D eigenvalue weighted by atomic mass is 16.5. The average Bonchev–Trinajstić information content (AvgIpc) is 3.05. The van der Waals surface area contributed by atoms with Gasteiger partial charge < -0.3 is 9.26 Å². The molecule has 0 radical (unpaired) electrons. The molecule has 2 saturated heterocycles. The number of ether oxygens (including phenoxy) is 1. The Bertz CT molecular complexity index is 460. The zero-order chi connectivity index (χ0) is 13.2. The summed E-state index contributed by atoms with van der Waals surface area (Å²) < 4.78 is 10.9. The van der Waals surface area contributed by atoms with Crippen molar-refractivity contribution >= 4 is 5.78 Å². The van der Waals surface area contributed by atoms with Crippen LogP contribution in [0.3, 0.4) is 0 Å². The van der Waals surface area contributed by atoms with Crippen molar-refractivity contribution in [3.63, 3.8) is 0 Å². The van der Waals surface area contributed by atoms with Gasteiger partial charge in [-0.2, -0.15) is 4.98 Å². The van der Waals surface area contributed by atoms with Gasteiger partial charge in [-0.3, -0.25) is 9.69 Å². The number of aromatic nitrogens is 2. The SMILES string of the molecule is CCC(=O)Cc1nc(C2CN3CCCC3CO2)no1. The molecular formula is C13H19N3O3. The number of hydrogen-bond donors (Lipinski definition) is 0. The Morgan fingerprint density at radius 2 is 2.42 bits per heavy atom. The van der Waals surface area contributed by atoms with Crippen molar-refractivity contribution < 1.29 is 14.1 Å². The van der Waals surface area contributed by atoms with Gasteiger partial charge in [0.1, 0.15) is 11.9 Å². The summed E-state index contributed by atoms with van der Waals surface area (Å²) in [7, 11) is 0. The number of Topliss-reactive ketones (excluding diaryl/α,β-unsaturated/α-hetero) is 1. The molecule has 0 saturated carbocycles. The predicted molar refractivity (Wildman–Crippen MR) is 66.6 cm³/mol. The first-order valence-electron chi connectivity index (χ1n) is 6.96. The van der Waals surface area contributed by atoms with E-state index < -0.39 is 0 Å². The van der Waals surface area contributed by atoms with Gasteiger partial charge in [0.25, 0.3) is 0 Å². The molecule has 2 aliphatic heterocycles. The fraction of sp³-hybridized carbons (Fsp3) is 0.769. The third kappa shape index (κ3) is 2.69. The smallest absolute Gasteiger partial charge is 0.234 e. The molecule has 3 heterocycles. The third-order valence-electron chi connectivity index (χ3n) is 3.90. The van der Waals surface area contributed by atoms with Gasteiger partial charge in [-0.05, 0) is 19.4 Å². The van der Waals surface area contributed by atoms with Crippen molar-refractivity contribution in [1.82, 2.24) is 15.0 Å². The van der Waals surface area contributed by atoms with Crippen LogP contribution in [-0.2, 0) is 16.0 Å². The molecule has 1 aromatic rings. The van der Waals surface area contributed by atoms with E-state index in [9.17, 15) is 4.79 Å². The summed E-state index contributed by atoms with van der Waals surface area (Å²) in [5.74, 6) is 1.08. The first-order chi connectivity index (χ1) is 9.26. The maximum absolute atomic E-state index is 11.3. The van der Waals surface area contributed by atoms with Gasteiger partial charge in [-0.1, -0.05) is 12.1 Å². The molecule has 0 bridgehead atoms. The molecule has 3 rings (SSSR count). The molecule has 0 N–H and O–H groups in total. The minimum atomic E-state index is -0.122. The van der Waals surface area contributed by atoms with Crippen molar-refractivity contribution in [3.8, 4) is 0 Å². The van der Waals surface area contributed by atoms with Crippen LogP contribution in [-0.4, -0.2) is 46.6 Å². The Hall–Kier alpha value is -1.27. The van der Waals surface area contributed by atoms with Gasteiger partial charge in [0, 0.05) is 19.0 Å². The minimum Gasteiger partial charge on any atom is -0.367 e. The van der Waals surface area contributed by atoms with Crippen molar-refractivity contribution in [2.24, 2.45) is 0 Å². The highest BCUT2D eigenvalue weighted by molar-refractivity contribution is 5.79. The molecule has 6 nitrogen and oxygen atoms in total. The van der Waals surface area contributed by atoms with Crippen LogP contribution in [0.1, 0.15) is 44.0 Å². The molecule has 19 heavy (non-hydrogen) atoms. The predicted octanol–water partition coefficient (Wildman–Crippen LogP) is 1.13. The molecule has 6 heteroatoms. The lowest BCUT2D eigenvalue weighted by atomic mass is 10.2. The van der Waals surface area contributed by atoms with E-state index in [-0.39, 0.29) is 18.3 Å². The zero-order valence-electron chi connectivity index (χ0n) is 11.2. The topological polar surface area (TPSA) is 68.5 Å². The molecule has 0 aliphatic carbocycles. The van der Waals surface area contributed by atoms with Crippen LogP contribution in [0.2, 0.25) is 0 Å². The fourth-order valence-corrected chi connectivity index (χ4v) is 2.74. The van der Waals surface area contributed by atoms with Gasteiger partial charge in [-0.15, -0.1) is 0 Å². The third-order valence-corrected chi connectivity index (χ3v) is 3.90. The van der Waals surface area contributed by atoms with Crippen LogP contribution < -0.4 is 0 Å². The van der Waals surface area contributed by atoms with E-state index in [0.29, 0.717) is 24.2 Å². The van der Waals surface area contributed by atoms with Crippen LogP contribution >= 0.6 is 0 Å². The number of hydrogen-bond acceptors (Lipinski definition) is 6. The van der Waals surface area contributed by atoms with Crippen molar-refractivity contribution in [3.05, 3.63) is 11.7 Å². The molecule has 104 valence electrons. The quantitative estimate of drug-likeness (QED) is 0.812. The molecule has 2 aliphatic rings. The van der Waals surface area contributed by atoms with Gasteiger partial charge >= 0.3 is 0 Å². The maximum Gasteiger partial charge on any atom is 0.234 e. The normalized spacial score (nSPS) is 27.4. The van der Waals surface area contributed by atoms with Gasteiger partial charge in [-0.25, -0.2) is 0 Å². The van der Waals surface area contributed by atoms with Crippen molar-refractivity contribution in [2.75, 3.05) is 19.7 Å². The van der Waals surface area contributed by atoms with Crippen molar-refractivity contribution in [1.29, 1.82) is 0 Å². The number of morpholine rings is 1. The molecule has 0 amide bonds. The number of ketones is 1. The molecule has 2 unspecified atom stereocenters. The average molecular weight is 265 g/mol. The second-order valence-corrected chi connectivity index (χ2v) is 5.23. The van der Waals surface area contributed by atoms with E-state index in [2.05, 4.69) is 15.0 Å². The molecule has 1 aromatic heterocycles. The Morgan fingerprint density at radius 1 is 1.53 bits per heavy atom. The summed E-state index contributed by atoms with van der Waals surface area (Å²) in [6, 6.07) is 0.560. The summed E-state index contributed by atoms with van der Waals surface area (Å²) in [6.07, 6.45) is 3.05. The number of nitrogens with zero attached hydrogens (tertiary/aromatic N) is 3. The lowest BCUT2D eigenvalue weighted by Crippen LogP contribution is -2.42. The van der Waals surface area contributed by atoms with Gasteiger partial charge in [0.15, 0.2) is 0 Å². The second kappa shape index (κ2) is 5.38. The second-order valence-electron chi connectivity index (χ2n) is 5.23. The maximum atomic E-state index is 11.3. The summed E-state index contributed by atoms with van der Waals surface area (Å²) in [5.41, 5.74) is 0. The lowest BCUT2D eigenvalue weighted by molar-refractivity contribution is -0.118. The molecular weight excluding hydrogens is 246 g/mol. The van der Waals surface area contributed by atoms with Crippen LogP contribution in [0, 0.1) is 0 Å². The number of carbonyl (C=O) groups excluding carboxylic acids is 1. The van der Waals surface area contributed by atoms with E-state index >= 15 is 0 Å². The monoisotopic (exact) mass is 265 g/mol. The van der Waals surface area contributed by atoms with E-state index in [1.165, 1.54) is 12.8 Å². The standard InChI is InChI=1S/C13H19N3O3/c1-2-10(17)6-12-14-13(15-19-12)11-7-16-5-3-4-9(16)8-18-11/h9,11H,2-8H2,1H3. The van der Waals surface area contributed by atoms with E-state index in [0.717, 1.165) is 19.7 Å². The summed E-state index contributed by atoms with van der Waals surface area (Å²) in [5, 5.41) is 3.95. The molecule has 0 spiro atoms. The first kappa shape index (κ1) is 12.7. The summed E-state index contributed by atoms with van der Waals surface area (Å²) >= 11 is 0. The van der Waals surface area contributed by atoms with Gasteiger partial charge in [0.2, 0.25) is 11.7 Å².